The van der Waals surface area contributed by atoms with E-state index >= 15 is 0 Å². The third-order valence-corrected chi connectivity index (χ3v) is 21.1. The Hall–Kier alpha value is -11.0. The Morgan fingerprint density at radius 1 is 0.373 bits per heavy atom. The number of rotatable bonds is 16. The van der Waals surface area contributed by atoms with Crippen LogP contribution >= 0.6 is 0 Å². The molecule has 7 aromatic carbocycles. The zero-order chi connectivity index (χ0) is 86.9. The van der Waals surface area contributed by atoms with Gasteiger partial charge in [0.25, 0.3) is 0 Å². The average molecular weight is 1620 g/mol. The van der Waals surface area contributed by atoms with E-state index in [1.165, 1.54) is 48.5 Å². The summed E-state index contributed by atoms with van der Waals surface area (Å²) >= 11 is 0. The smallest absolute Gasteiger partial charge is 0.243 e. The van der Waals surface area contributed by atoms with E-state index in [1.54, 1.807) is 86.9 Å². The van der Waals surface area contributed by atoms with Gasteiger partial charge in [-0.05, 0) is 302 Å². The van der Waals surface area contributed by atoms with Crippen LogP contribution in [0.3, 0.4) is 0 Å². The highest BCUT2D eigenvalue weighted by Crippen LogP contribution is 2.42. The van der Waals surface area contributed by atoms with Gasteiger partial charge in [0.15, 0.2) is 0 Å². The lowest BCUT2D eigenvalue weighted by Gasteiger charge is -2.42. The molecule has 5 aliphatic heterocycles. The van der Waals surface area contributed by atoms with Crippen molar-refractivity contribution in [1.29, 1.82) is 0 Å². The number of aryl methyl sites for hydroxylation is 1. The molecule has 20 nitrogen and oxygen atoms in total. The molecule has 118 heavy (non-hydrogen) atoms. The number of amides is 10. The highest BCUT2D eigenvalue weighted by atomic mass is 19.1. The van der Waals surface area contributed by atoms with Gasteiger partial charge >= 0.3 is 0 Å². The first-order valence-corrected chi connectivity index (χ1v) is 40.7. The molecule has 0 aliphatic carbocycles. The lowest BCUT2D eigenvalue weighted by atomic mass is 9.73. The quantitative estimate of drug-likeness (QED) is 0.0452. The van der Waals surface area contributed by atoms with Crippen LogP contribution < -0.4 is 51.1 Å². The van der Waals surface area contributed by atoms with E-state index in [9.17, 15) is 65.5 Å². The van der Waals surface area contributed by atoms with Crippen molar-refractivity contribution < 1.29 is 65.5 Å². The predicted octanol–water partition coefficient (Wildman–Crippen LogP) is 15.4. The summed E-state index contributed by atoms with van der Waals surface area (Å²) in [5, 5.41) is 14.6. The normalized spacial score (nSPS) is 20.8. The molecular weight excluding hydrogens is 1510 g/mol. The van der Waals surface area contributed by atoms with Crippen molar-refractivity contribution in [2.75, 3.05) is 57.2 Å². The topological polar surface area (TPSA) is 247 Å². The Morgan fingerprint density at radius 2 is 0.661 bits per heavy atom. The molecule has 5 N–H and O–H groups in total. The van der Waals surface area contributed by atoms with Gasteiger partial charge in [-0.3, -0.25) is 47.9 Å². The van der Waals surface area contributed by atoms with Crippen LogP contribution in [0.1, 0.15) is 178 Å². The number of hydrogen-bond acceptors (Lipinski definition) is 10. The lowest BCUT2D eigenvalue weighted by molar-refractivity contribution is -0.146. The van der Waals surface area contributed by atoms with Crippen molar-refractivity contribution in [3.8, 4) is 0 Å². The average Bonchev–Trinajstić information content (AvgIpc) is 0.818. The second-order valence-corrected chi connectivity index (χ2v) is 35.4. The largest absolute Gasteiger partial charge is 0.353 e. The molecule has 12 rings (SSSR count). The minimum atomic E-state index is -1.18. The lowest BCUT2D eigenvalue weighted by Crippen LogP contribution is -2.60. The van der Waals surface area contributed by atoms with E-state index in [-0.39, 0.29) is 94.4 Å². The molecule has 5 aliphatic rings. The van der Waals surface area contributed by atoms with Crippen molar-refractivity contribution in [3.05, 3.63) is 222 Å². The van der Waals surface area contributed by atoms with Crippen LogP contribution in [0.25, 0.3) is 0 Å². The van der Waals surface area contributed by atoms with Gasteiger partial charge in [0.05, 0.1) is 0 Å². The van der Waals surface area contributed by atoms with Gasteiger partial charge in [-0.15, -0.1) is 0 Å². The zero-order valence-corrected chi connectivity index (χ0v) is 71.2. The molecule has 1 unspecified atom stereocenters. The van der Waals surface area contributed by atoms with E-state index in [2.05, 4.69) is 26.6 Å². The standard InChI is InChI=1S/C23H27FN2O2.C22H25FN2O2.2C17H23FN2O2.C15H20N2O2/c1-22(2,3)25-20(27)23(16-17-8-5-4-6-9-17)14-7-15-26(21(23)28)19-12-10-18(24)11-13-19;1-16(2)24-20(26)22(15-17-7-4-3-5-8-17)13-6-14-25(21(22)27)19-11-9-18(23)10-12-19;2*1-16(2,3)19-14(21)17(4)10-5-11-20(15(17)22)13-8-6-12(18)7-9-13;1-10(2)16-14(18)13-8-9-17(15(13)19)12-6-4-11(3)5-7-12/h4-6,8-13H,7,14-16H2,1-3H3,(H,25,27);3-5,7-12,16H,6,13-15H2,1-2H3,(H,24,26);2*6-9H,5,10-11H2,1-4H3,(H,19,21);4-7,10,13H,8-9H2,1-3H3,(H,16,18)/t23-;22-;2*17-;/m1010./s1. The van der Waals surface area contributed by atoms with Crippen LogP contribution in [0.4, 0.5) is 46.0 Å². The molecule has 24 heteroatoms. The number of anilines is 5. The molecule has 5 atom stereocenters. The fraction of sp³-hybridized carbons (Fsp3) is 0.447. The first-order chi connectivity index (χ1) is 55.4. The van der Waals surface area contributed by atoms with Gasteiger partial charge < -0.3 is 51.1 Å². The maximum absolute atomic E-state index is 13.6. The number of carbonyl (C=O) groups excluding carboxylic acids is 10. The predicted molar refractivity (Wildman–Crippen MR) is 455 cm³/mol. The van der Waals surface area contributed by atoms with Crippen LogP contribution in [0, 0.1) is 57.8 Å². The minimum absolute atomic E-state index is 0.0563. The van der Waals surface area contributed by atoms with Gasteiger partial charge in [-0.25, -0.2) is 17.6 Å². The van der Waals surface area contributed by atoms with Crippen LogP contribution in [-0.2, 0) is 60.8 Å². The van der Waals surface area contributed by atoms with Crippen molar-refractivity contribution in [2.24, 2.45) is 27.6 Å². The maximum Gasteiger partial charge on any atom is 0.243 e. The minimum Gasteiger partial charge on any atom is -0.353 e. The summed E-state index contributed by atoms with van der Waals surface area (Å²) in [4.78, 5) is 137. The summed E-state index contributed by atoms with van der Waals surface area (Å²) in [7, 11) is 0. The van der Waals surface area contributed by atoms with Crippen LogP contribution in [0.5, 0.6) is 0 Å². The van der Waals surface area contributed by atoms with Crippen molar-refractivity contribution in [2.45, 2.75) is 210 Å². The first-order valence-electron chi connectivity index (χ1n) is 40.7. The number of halogens is 4. The molecule has 5 saturated heterocycles. The number of hydrogen-bond donors (Lipinski definition) is 5. The summed E-state index contributed by atoms with van der Waals surface area (Å²) in [6.45, 7) is 32.7. The molecule has 10 amide bonds. The number of nitrogens with zero attached hydrogens (tertiary/aromatic N) is 5. The summed E-state index contributed by atoms with van der Waals surface area (Å²) in [5.74, 6) is -4.08. The van der Waals surface area contributed by atoms with Crippen LogP contribution in [0.15, 0.2) is 182 Å². The second kappa shape index (κ2) is 39.5. The number of benzene rings is 7. The summed E-state index contributed by atoms with van der Waals surface area (Å²) in [6, 6.07) is 50.3. The van der Waals surface area contributed by atoms with Gasteiger partial charge in [-0.1, -0.05) is 78.4 Å². The fourth-order valence-corrected chi connectivity index (χ4v) is 15.0. The molecule has 632 valence electrons. The van der Waals surface area contributed by atoms with Gasteiger partial charge in [0, 0.05) is 89.9 Å². The summed E-state index contributed by atoms with van der Waals surface area (Å²) < 4.78 is 52.7. The Balaban J connectivity index is 0.000000185. The molecule has 0 bridgehead atoms. The highest BCUT2D eigenvalue weighted by Gasteiger charge is 2.54. The Bertz CT molecular complexity index is 4530. The summed E-state index contributed by atoms with van der Waals surface area (Å²) in [5.41, 5.74) is 0.687. The number of nitrogens with one attached hydrogen (secondary N) is 5. The second-order valence-electron chi connectivity index (χ2n) is 35.4. The SMILES string of the molecule is CC(C)(C)NC(=O)[C@@]1(C)CCCN(c2ccc(F)cc2)C1=O.CC(C)(C)NC(=O)[C@]1(C)CCCN(c2ccc(F)cc2)C1=O.CC(C)(C)NC(=O)[C@]1(Cc2ccccc2)CCCN(c2ccc(F)cc2)C1=O.CC(C)NC(=O)[C@@]1(Cc2ccccc2)CCCN(c2ccc(F)cc2)C1=O.Cc1ccc(N2CCC(C(=O)NC(C)C)C2=O)cc1. The highest BCUT2D eigenvalue weighted by molar-refractivity contribution is 6.15. The number of carbonyl (C=O) groups is 10. The fourth-order valence-electron chi connectivity index (χ4n) is 15.0. The van der Waals surface area contributed by atoms with Crippen molar-refractivity contribution in [1.82, 2.24) is 26.6 Å². The Labute approximate surface area is 693 Å². The maximum atomic E-state index is 13.6. The van der Waals surface area contributed by atoms with E-state index in [1.807, 2.05) is 182 Å². The van der Waals surface area contributed by atoms with Crippen molar-refractivity contribution in [3.63, 3.8) is 0 Å². The van der Waals surface area contributed by atoms with E-state index in [0.29, 0.717) is 113 Å². The molecule has 0 spiro atoms. The monoisotopic (exact) mass is 1620 g/mol. The molecule has 0 radical (unpaired) electrons. The van der Waals surface area contributed by atoms with E-state index < -0.39 is 44.2 Å². The molecule has 0 aromatic heterocycles. The van der Waals surface area contributed by atoms with Gasteiger partial charge in [0.1, 0.15) is 50.8 Å². The van der Waals surface area contributed by atoms with Gasteiger partial charge in [-0.2, -0.15) is 0 Å². The van der Waals surface area contributed by atoms with Crippen LogP contribution in [-0.4, -0.2) is 120 Å². The van der Waals surface area contributed by atoms with Crippen LogP contribution in [0.2, 0.25) is 0 Å². The molecule has 5 fully saturated rings. The summed E-state index contributed by atoms with van der Waals surface area (Å²) in [6.07, 6.45) is 6.18. The third kappa shape index (κ3) is 24.1. The molecule has 0 saturated carbocycles. The molecule has 7 aromatic rings. The zero-order valence-electron chi connectivity index (χ0n) is 71.2. The van der Waals surface area contributed by atoms with E-state index in [0.717, 1.165) is 35.2 Å². The molecule has 5 heterocycles. The van der Waals surface area contributed by atoms with E-state index in [4.69, 9.17) is 0 Å². The van der Waals surface area contributed by atoms with Gasteiger partial charge in [0.2, 0.25) is 59.1 Å². The number of piperidine rings is 4. The first kappa shape index (κ1) is 92.5. The van der Waals surface area contributed by atoms with Crippen molar-refractivity contribution >= 4 is 87.5 Å². The molecular formula is C94H118F4N10O10. The Morgan fingerprint density at radius 3 is 0.983 bits per heavy atom. The third-order valence-electron chi connectivity index (χ3n) is 21.1. The Kier molecular flexibility index (Phi) is 30.9.